The summed E-state index contributed by atoms with van der Waals surface area (Å²) in [4.78, 5) is 27.3. The van der Waals surface area contributed by atoms with Crippen LogP contribution in [0.2, 0.25) is 0 Å². The maximum absolute atomic E-state index is 11.9. The maximum atomic E-state index is 11.9. The zero-order valence-corrected chi connectivity index (χ0v) is 11.8. The van der Waals surface area contributed by atoms with Crippen LogP contribution in [0.15, 0.2) is 18.3 Å². The van der Waals surface area contributed by atoms with Crippen LogP contribution in [-0.2, 0) is 9.59 Å². The van der Waals surface area contributed by atoms with Gasteiger partial charge in [-0.1, -0.05) is 0 Å². The van der Waals surface area contributed by atoms with Gasteiger partial charge >= 0.3 is 0 Å². The van der Waals surface area contributed by atoms with Crippen molar-refractivity contribution in [2.45, 2.75) is 50.7 Å². The second kappa shape index (κ2) is 6.11. The molecule has 1 saturated carbocycles. The third-order valence-electron chi connectivity index (χ3n) is 3.91. The minimum atomic E-state index is -0.438. The van der Waals surface area contributed by atoms with Crippen molar-refractivity contribution >= 4 is 17.5 Å². The molecule has 112 valence electrons. The number of hydrogen-bond acceptors (Lipinski definition) is 4. The van der Waals surface area contributed by atoms with E-state index in [9.17, 15) is 9.59 Å². The average Bonchev–Trinajstić information content (AvgIpc) is 3.12. The van der Waals surface area contributed by atoms with Crippen molar-refractivity contribution in [3.63, 3.8) is 0 Å². The van der Waals surface area contributed by atoms with E-state index >= 15 is 0 Å². The fourth-order valence-corrected chi connectivity index (χ4v) is 2.74. The minimum Gasteiger partial charge on any atom is -0.474 e. The molecule has 21 heavy (non-hydrogen) atoms. The Hall–Kier alpha value is -2.11. The number of rotatable bonds is 4. The molecule has 6 nitrogen and oxygen atoms in total. The van der Waals surface area contributed by atoms with Crippen LogP contribution in [0.1, 0.15) is 38.5 Å². The Balaban J connectivity index is 1.54. The van der Waals surface area contributed by atoms with E-state index in [1.165, 1.54) is 12.8 Å². The summed E-state index contributed by atoms with van der Waals surface area (Å²) in [7, 11) is 0. The van der Waals surface area contributed by atoms with E-state index in [0.29, 0.717) is 24.4 Å². The van der Waals surface area contributed by atoms with E-state index in [4.69, 9.17) is 4.74 Å². The van der Waals surface area contributed by atoms with Crippen LogP contribution in [0.3, 0.4) is 0 Å². The van der Waals surface area contributed by atoms with Crippen molar-refractivity contribution in [1.82, 2.24) is 10.3 Å². The highest BCUT2D eigenvalue weighted by Gasteiger charge is 2.27. The van der Waals surface area contributed by atoms with Crippen molar-refractivity contribution in [2.24, 2.45) is 0 Å². The number of nitrogens with zero attached hydrogens (tertiary/aromatic N) is 1. The summed E-state index contributed by atoms with van der Waals surface area (Å²) < 4.78 is 5.77. The molecule has 1 aliphatic heterocycles. The molecule has 0 unspecified atom stereocenters. The minimum absolute atomic E-state index is 0.0754. The van der Waals surface area contributed by atoms with Crippen LogP contribution < -0.4 is 15.4 Å². The standard InChI is InChI=1S/C15H19N3O3/c19-13-7-6-12(18-13)15(20)17-10-5-8-14(16-9-10)21-11-3-1-2-4-11/h5,8-9,11-12H,1-4,6-7H2,(H,17,20)(H,18,19)/t12-/m1/s1. The second-order valence-corrected chi connectivity index (χ2v) is 5.56. The number of amides is 2. The van der Waals surface area contributed by atoms with Gasteiger partial charge < -0.3 is 15.4 Å². The molecule has 2 fully saturated rings. The first-order valence-electron chi connectivity index (χ1n) is 7.43. The van der Waals surface area contributed by atoms with Gasteiger partial charge in [-0.3, -0.25) is 9.59 Å². The lowest BCUT2D eigenvalue weighted by Gasteiger charge is -2.13. The number of hydrogen-bond donors (Lipinski definition) is 2. The van der Waals surface area contributed by atoms with E-state index in [0.717, 1.165) is 12.8 Å². The second-order valence-electron chi connectivity index (χ2n) is 5.56. The van der Waals surface area contributed by atoms with Crippen molar-refractivity contribution in [2.75, 3.05) is 5.32 Å². The predicted molar refractivity (Wildman–Crippen MR) is 76.9 cm³/mol. The number of nitrogens with one attached hydrogen (secondary N) is 2. The lowest BCUT2D eigenvalue weighted by atomic mass is 10.2. The van der Waals surface area contributed by atoms with Gasteiger partial charge in [0.1, 0.15) is 12.1 Å². The van der Waals surface area contributed by atoms with E-state index in [2.05, 4.69) is 15.6 Å². The molecule has 1 saturated heterocycles. The smallest absolute Gasteiger partial charge is 0.247 e. The van der Waals surface area contributed by atoms with Gasteiger partial charge in [0.05, 0.1) is 11.9 Å². The molecular formula is C15H19N3O3. The molecule has 1 aromatic heterocycles. The summed E-state index contributed by atoms with van der Waals surface area (Å²) in [6.45, 7) is 0. The Morgan fingerprint density at radius 3 is 2.71 bits per heavy atom. The first-order chi connectivity index (χ1) is 10.2. The Bertz CT molecular complexity index is 523. The predicted octanol–water partition coefficient (Wildman–Crippen LogP) is 1.62. The number of carbonyl (C=O) groups is 2. The third-order valence-corrected chi connectivity index (χ3v) is 3.91. The molecule has 2 N–H and O–H groups in total. The van der Waals surface area contributed by atoms with Crippen molar-refractivity contribution in [1.29, 1.82) is 0 Å². The monoisotopic (exact) mass is 289 g/mol. The van der Waals surface area contributed by atoms with E-state index in [1.807, 2.05) is 0 Å². The van der Waals surface area contributed by atoms with Gasteiger partial charge in [0.25, 0.3) is 0 Å². The lowest BCUT2D eigenvalue weighted by molar-refractivity contribution is -0.122. The highest BCUT2D eigenvalue weighted by Crippen LogP contribution is 2.23. The van der Waals surface area contributed by atoms with Crippen LogP contribution in [0, 0.1) is 0 Å². The van der Waals surface area contributed by atoms with Crippen LogP contribution in [0.4, 0.5) is 5.69 Å². The van der Waals surface area contributed by atoms with E-state index in [1.54, 1.807) is 18.3 Å². The quantitative estimate of drug-likeness (QED) is 0.882. The molecule has 1 atom stereocenters. The van der Waals surface area contributed by atoms with Gasteiger partial charge in [0.2, 0.25) is 17.7 Å². The molecular weight excluding hydrogens is 270 g/mol. The highest BCUT2D eigenvalue weighted by atomic mass is 16.5. The van der Waals surface area contributed by atoms with Gasteiger partial charge in [-0.2, -0.15) is 0 Å². The number of ether oxygens (including phenoxy) is 1. The van der Waals surface area contributed by atoms with Gasteiger partial charge in [-0.05, 0) is 38.2 Å². The number of anilines is 1. The van der Waals surface area contributed by atoms with Crippen molar-refractivity contribution in [3.05, 3.63) is 18.3 Å². The summed E-state index contributed by atoms with van der Waals surface area (Å²) in [5, 5.41) is 5.39. The molecule has 2 aliphatic rings. The fourth-order valence-electron chi connectivity index (χ4n) is 2.74. The highest BCUT2D eigenvalue weighted by molar-refractivity contribution is 5.98. The van der Waals surface area contributed by atoms with Gasteiger partial charge in [-0.15, -0.1) is 0 Å². The van der Waals surface area contributed by atoms with Crippen molar-refractivity contribution < 1.29 is 14.3 Å². The summed E-state index contributed by atoms with van der Waals surface area (Å²) in [5.74, 6) is 0.315. The number of aromatic nitrogens is 1. The average molecular weight is 289 g/mol. The molecule has 0 radical (unpaired) electrons. The molecule has 2 amide bonds. The summed E-state index contributed by atoms with van der Waals surface area (Å²) >= 11 is 0. The van der Waals surface area contributed by atoms with Crippen LogP contribution in [0.5, 0.6) is 5.88 Å². The third kappa shape index (κ3) is 3.51. The first kappa shape index (κ1) is 13.9. The van der Waals surface area contributed by atoms with Gasteiger partial charge in [0, 0.05) is 12.5 Å². The van der Waals surface area contributed by atoms with Gasteiger partial charge in [-0.25, -0.2) is 4.98 Å². The zero-order chi connectivity index (χ0) is 14.7. The summed E-state index contributed by atoms with van der Waals surface area (Å²) in [6.07, 6.45) is 7.40. The Morgan fingerprint density at radius 2 is 2.10 bits per heavy atom. The Kier molecular flexibility index (Phi) is 4.03. The molecule has 0 bridgehead atoms. The molecule has 0 aromatic carbocycles. The molecule has 2 heterocycles. The number of pyridine rings is 1. The fraction of sp³-hybridized carbons (Fsp3) is 0.533. The molecule has 0 spiro atoms. The van der Waals surface area contributed by atoms with Crippen molar-refractivity contribution in [3.8, 4) is 5.88 Å². The molecule has 3 rings (SSSR count). The first-order valence-corrected chi connectivity index (χ1v) is 7.43. The zero-order valence-electron chi connectivity index (χ0n) is 11.8. The topological polar surface area (TPSA) is 80.3 Å². The van der Waals surface area contributed by atoms with Crippen LogP contribution in [0.25, 0.3) is 0 Å². The SMILES string of the molecule is O=C1CC[C@H](C(=O)Nc2ccc(OC3CCCC3)nc2)N1. The van der Waals surface area contributed by atoms with E-state index in [-0.39, 0.29) is 17.9 Å². The molecule has 6 heteroatoms. The number of carbonyl (C=O) groups excluding carboxylic acids is 2. The lowest BCUT2D eigenvalue weighted by Crippen LogP contribution is -2.37. The van der Waals surface area contributed by atoms with Crippen LogP contribution in [-0.4, -0.2) is 28.9 Å². The largest absolute Gasteiger partial charge is 0.474 e. The van der Waals surface area contributed by atoms with Gasteiger partial charge in [0.15, 0.2) is 0 Å². The maximum Gasteiger partial charge on any atom is 0.247 e. The van der Waals surface area contributed by atoms with E-state index < -0.39 is 6.04 Å². The Morgan fingerprint density at radius 1 is 1.29 bits per heavy atom. The molecule has 1 aliphatic carbocycles. The summed E-state index contributed by atoms with van der Waals surface area (Å²) in [6, 6.07) is 3.10. The Labute approximate surface area is 123 Å². The van der Waals surface area contributed by atoms with Crippen LogP contribution >= 0.6 is 0 Å². The summed E-state index contributed by atoms with van der Waals surface area (Å²) in [5.41, 5.74) is 0.611. The molecule has 1 aromatic rings. The normalized spacial score (nSPS) is 22.1.